The Kier molecular flexibility index (Phi) is 3.66. The SMILES string of the molecule is O=C(Nc1nc(-c2ccco2)cs1)c1ccccc1Br. The Morgan fingerprint density at radius 2 is 2.10 bits per heavy atom. The van der Waals surface area contributed by atoms with Crippen molar-refractivity contribution in [2.24, 2.45) is 0 Å². The molecule has 2 heterocycles. The van der Waals surface area contributed by atoms with Crippen LogP contribution in [0.3, 0.4) is 0 Å². The lowest BCUT2D eigenvalue weighted by atomic mass is 10.2. The zero-order valence-electron chi connectivity index (χ0n) is 10.2. The van der Waals surface area contributed by atoms with E-state index in [2.05, 4.69) is 26.2 Å². The van der Waals surface area contributed by atoms with Gasteiger partial charge < -0.3 is 4.42 Å². The van der Waals surface area contributed by atoms with Gasteiger partial charge in [0.05, 0.1) is 11.8 Å². The highest BCUT2D eigenvalue weighted by Gasteiger charge is 2.12. The van der Waals surface area contributed by atoms with Gasteiger partial charge in [-0.1, -0.05) is 12.1 Å². The number of benzene rings is 1. The number of carbonyl (C=O) groups excluding carboxylic acids is 1. The molecule has 20 heavy (non-hydrogen) atoms. The van der Waals surface area contributed by atoms with Crippen molar-refractivity contribution in [1.82, 2.24) is 4.98 Å². The molecule has 2 aromatic heterocycles. The average molecular weight is 349 g/mol. The van der Waals surface area contributed by atoms with Gasteiger partial charge in [-0.05, 0) is 40.2 Å². The molecule has 3 rings (SSSR count). The van der Waals surface area contributed by atoms with Gasteiger partial charge in [0.1, 0.15) is 5.69 Å². The topological polar surface area (TPSA) is 55.1 Å². The summed E-state index contributed by atoms with van der Waals surface area (Å²) in [6.45, 7) is 0. The third-order valence-electron chi connectivity index (χ3n) is 2.62. The molecule has 1 N–H and O–H groups in total. The lowest BCUT2D eigenvalue weighted by molar-refractivity contribution is 0.102. The molecule has 6 heteroatoms. The number of amides is 1. The molecule has 0 aliphatic rings. The highest BCUT2D eigenvalue weighted by molar-refractivity contribution is 9.10. The second kappa shape index (κ2) is 5.60. The van der Waals surface area contributed by atoms with Crippen LogP contribution < -0.4 is 5.32 Å². The summed E-state index contributed by atoms with van der Waals surface area (Å²) < 4.78 is 6.02. The van der Waals surface area contributed by atoms with E-state index in [9.17, 15) is 4.79 Å². The van der Waals surface area contributed by atoms with Crippen molar-refractivity contribution in [3.63, 3.8) is 0 Å². The summed E-state index contributed by atoms with van der Waals surface area (Å²) in [7, 11) is 0. The fourth-order valence-electron chi connectivity index (χ4n) is 1.68. The van der Waals surface area contributed by atoms with Crippen molar-refractivity contribution < 1.29 is 9.21 Å². The van der Waals surface area contributed by atoms with Gasteiger partial charge in [-0.3, -0.25) is 10.1 Å². The molecule has 0 bridgehead atoms. The summed E-state index contributed by atoms with van der Waals surface area (Å²) in [5.41, 5.74) is 1.28. The minimum absolute atomic E-state index is 0.196. The Hall–Kier alpha value is -1.92. The Balaban J connectivity index is 1.79. The van der Waals surface area contributed by atoms with Crippen molar-refractivity contribution >= 4 is 38.3 Å². The van der Waals surface area contributed by atoms with Crippen LogP contribution in [0, 0.1) is 0 Å². The van der Waals surface area contributed by atoms with Crippen LogP contribution in [0.25, 0.3) is 11.5 Å². The summed E-state index contributed by atoms with van der Waals surface area (Å²) >= 11 is 4.71. The number of nitrogens with zero attached hydrogens (tertiary/aromatic N) is 1. The van der Waals surface area contributed by atoms with Crippen LogP contribution >= 0.6 is 27.3 Å². The zero-order chi connectivity index (χ0) is 13.9. The van der Waals surface area contributed by atoms with Crippen molar-refractivity contribution in [3.8, 4) is 11.5 Å². The standard InChI is InChI=1S/C14H9BrN2O2S/c15-10-5-2-1-4-9(10)13(18)17-14-16-11(8-20-14)12-6-3-7-19-12/h1-8H,(H,16,17,18). The first-order chi connectivity index (χ1) is 9.74. The summed E-state index contributed by atoms with van der Waals surface area (Å²) in [5, 5.41) is 5.16. The highest BCUT2D eigenvalue weighted by atomic mass is 79.9. The van der Waals surface area contributed by atoms with Crippen LogP contribution in [-0.4, -0.2) is 10.9 Å². The van der Waals surface area contributed by atoms with Crippen LogP contribution in [0.4, 0.5) is 5.13 Å². The number of hydrogen-bond donors (Lipinski definition) is 1. The maximum atomic E-state index is 12.1. The minimum Gasteiger partial charge on any atom is -0.463 e. The first-order valence-electron chi connectivity index (χ1n) is 5.79. The van der Waals surface area contributed by atoms with Gasteiger partial charge in [-0.25, -0.2) is 4.98 Å². The van der Waals surface area contributed by atoms with E-state index >= 15 is 0 Å². The number of anilines is 1. The third kappa shape index (κ3) is 2.66. The van der Waals surface area contributed by atoms with Gasteiger partial charge in [0.25, 0.3) is 5.91 Å². The average Bonchev–Trinajstić information content (AvgIpc) is 3.09. The lowest BCUT2D eigenvalue weighted by Gasteiger charge is -2.03. The van der Waals surface area contributed by atoms with Crippen molar-refractivity contribution in [3.05, 3.63) is 58.1 Å². The van der Waals surface area contributed by atoms with Crippen molar-refractivity contribution in [2.45, 2.75) is 0 Å². The van der Waals surface area contributed by atoms with E-state index in [0.29, 0.717) is 22.1 Å². The van der Waals surface area contributed by atoms with E-state index in [1.165, 1.54) is 11.3 Å². The molecule has 3 aromatic rings. The van der Waals surface area contributed by atoms with Crippen LogP contribution in [0.1, 0.15) is 10.4 Å². The first-order valence-corrected chi connectivity index (χ1v) is 7.46. The van der Waals surface area contributed by atoms with Crippen LogP contribution in [0.2, 0.25) is 0 Å². The van der Waals surface area contributed by atoms with Gasteiger partial charge in [0.15, 0.2) is 10.9 Å². The minimum atomic E-state index is -0.196. The molecule has 0 saturated heterocycles. The molecule has 0 fully saturated rings. The van der Waals surface area contributed by atoms with Crippen LogP contribution in [0.15, 0.2) is 56.9 Å². The van der Waals surface area contributed by atoms with Crippen LogP contribution in [0.5, 0.6) is 0 Å². The third-order valence-corrected chi connectivity index (χ3v) is 4.07. The number of rotatable bonds is 3. The summed E-state index contributed by atoms with van der Waals surface area (Å²) in [6, 6.07) is 10.9. The van der Waals surface area contributed by atoms with Gasteiger partial charge in [-0.15, -0.1) is 11.3 Å². The predicted octanol–water partition coefficient (Wildman–Crippen LogP) is 4.42. The normalized spacial score (nSPS) is 10.4. The number of hydrogen-bond acceptors (Lipinski definition) is 4. The predicted molar refractivity (Wildman–Crippen MR) is 81.9 cm³/mol. The summed E-state index contributed by atoms with van der Waals surface area (Å²) in [6.07, 6.45) is 1.59. The van der Waals surface area contributed by atoms with E-state index in [-0.39, 0.29) is 5.91 Å². The molecule has 0 atom stereocenters. The molecule has 0 radical (unpaired) electrons. The van der Waals surface area contributed by atoms with Gasteiger partial charge in [-0.2, -0.15) is 0 Å². The van der Waals surface area contributed by atoms with Gasteiger partial charge >= 0.3 is 0 Å². The van der Waals surface area contributed by atoms with E-state index < -0.39 is 0 Å². The largest absolute Gasteiger partial charge is 0.463 e. The lowest BCUT2D eigenvalue weighted by Crippen LogP contribution is -2.12. The fourth-order valence-corrected chi connectivity index (χ4v) is 2.84. The maximum absolute atomic E-state index is 12.1. The number of furan rings is 1. The second-order valence-electron chi connectivity index (χ2n) is 3.95. The highest BCUT2D eigenvalue weighted by Crippen LogP contribution is 2.26. The molecular formula is C14H9BrN2O2S. The molecule has 0 saturated carbocycles. The second-order valence-corrected chi connectivity index (χ2v) is 5.66. The molecule has 0 spiro atoms. The summed E-state index contributed by atoms with van der Waals surface area (Å²) in [5.74, 6) is 0.487. The molecule has 1 aromatic carbocycles. The molecule has 0 aliphatic heterocycles. The monoisotopic (exact) mass is 348 g/mol. The zero-order valence-corrected chi connectivity index (χ0v) is 12.6. The Morgan fingerprint density at radius 3 is 2.85 bits per heavy atom. The Bertz CT molecular complexity index is 737. The fraction of sp³-hybridized carbons (Fsp3) is 0. The molecular weight excluding hydrogens is 340 g/mol. The smallest absolute Gasteiger partial charge is 0.258 e. The van der Waals surface area contributed by atoms with E-state index in [4.69, 9.17) is 4.42 Å². The van der Waals surface area contributed by atoms with E-state index in [0.717, 1.165) is 4.47 Å². The molecule has 0 aliphatic carbocycles. The summed E-state index contributed by atoms with van der Waals surface area (Å²) in [4.78, 5) is 16.5. The molecule has 0 unspecified atom stereocenters. The first kappa shape index (κ1) is 13.1. The number of carbonyl (C=O) groups is 1. The van der Waals surface area contributed by atoms with Crippen LogP contribution in [-0.2, 0) is 0 Å². The molecule has 1 amide bonds. The maximum Gasteiger partial charge on any atom is 0.258 e. The Labute approximate surface area is 127 Å². The van der Waals surface area contributed by atoms with Crippen molar-refractivity contribution in [1.29, 1.82) is 0 Å². The van der Waals surface area contributed by atoms with Gasteiger partial charge in [0, 0.05) is 9.85 Å². The molecule has 4 nitrogen and oxygen atoms in total. The number of nitrogens with one attached hydrogen (secondary N) is 1. The number of aromatic nitrogens is 1. The van der Waals surface area contributed by atoms with Gasteiger partial charge in [0.2, 0.25) is 0 Å². The Morgan fingerprint density at radius 1 is 1.25 bits per heavy atom. The van der Waals surface area contributed by atoms with E-state index in [1.54, 1.807) is 18.4 Å². The number of halogens is 1. The molecule has 100 valence electrons. The number of thiazole rings is 1. The van der Waals surface area contributed by atoms with E-state index in [1.807, 2.05) is 29.6 Å². The van der Waals surface area contributed by atoms with Crippen molar-refractivity contribution in [2.75, 3.05) is 5.32 Å². The quantitative estimate of drug-likeness (QED) is 0.762.